The lowest BCUT2D eigenvalue weighted by molar-refractivity contribution is 0.0517. The molecule has 0 radical (unpaired) electrons. The Morgan fingerprint density at radius 2 is 2.05 bits per heavy atom. The highest BCUT2D eigenvalue weighted by molar-refractivity contribution is 5.87. The number of esters is 1. The van der Waals surface area contributed by atoms with Gasteiger partial charge in [-0.2, -0.15) is 0 Å². The van der Waals surface area contributed by atoms with Crippen LogP contribution in [0.3, 0.4) is 0 Å². The summed E-state index contributed by atoms with van der Waals surface area (Å²) in [4.78, 5) is 15.9. The Balaban J connectivity index is 1.94. The van der Waals surface area contributed by atoms with E-state index in [1.165, 1.54) is 6.20 Å². The predicted molar refractivity (Wildman–Crippen MR) is 76.6 cm³/mol. The van der Waals surface area contributed by atoms with Crippen molar-refractivity contribution >= 4 is 5.97 Å². The molecular formula is C15H14N4O2. The van der Waals surface area contributed by atoms with E-state index in [1.54, 1.807) is 22.5 Å². The number of rotatable bonds is 4. The molecule has 0 aliphatic heterocycles. The molecule has 0 spiro atoms. The lowest BCUT2D eigenvalue weighted by atomic mass is 10.3. The molecule has 3 rings (SSSR count). The summed E-state index contributed by atoms with van der Waals surface area (Å²) in [6, 6.07) is 11.6. The van der Waals surface area contributed by atoms with Gasteiger partial charge in [0.25, 0.3) is 0 Å². The molecule has 0 unspecified atom stereocenters. The molecule has 0 amide bonds. The molecule has 2 aromatic heterocycles. The number of ether oxygens (including phenoxy) is 1. The summed E-state index contributed by atoms with van der Waals surface area (Å²) in [5, 5.41) is 4.46. The number of carbonyl (C=O) groups is 1. The molecule has 6 heteroatoms. The van der Waals surface area contributed by atoms with Gasteiger partial charge in [0.1, 0.15) is 6.33 Å². The fourth-order valence-electron chi connectivity index (χ4n) is 2.00. The minimum Gasteiger partial charge on any atom is -0.461 e. The summed E-state index contributed by atoms with van der Waals surface area (Å²) in [7, 11) is 0. The lowest BCUT2D eigenvalue weighted by Gasteiger charge is -2.04. The summed E-state index contributed by atoms with van der Waals surface area (Å²) >= 11 is 0. The van der Waals surface area contributed by atoms with E-state index in [9.17, 15) is 4.79 Å². The summed E-state index contributed by atoms with van der Waals surface area (Å²) in [5.41, 5.74) is 1.30. The van der Waals surface area contributed by atoms with Gasteiger partial charge >= 0.3 is 5.97 Å². The standard InChI is InChI=1S/C15H14N4O2/c1-2-21-15(20)13-10-16-11-18(13)14-8-9-19(17-14)12-6-4-3-5-7-12/h3-11H,2H2,1H3. The van der Waals surface area contributed by atoms with Crippen molar-refractivity contribution in [3.63, 3.8) is 0 Å². The van der Waals surface area contributed by atoms with E-state index >= 15 is 0 Å². The molecule has 1 aromatic carbocycles. The fraction of sp³-hybridized carbons (Fsp3) is 0.133. The van der Waals surface area contributed by atoms with Crippen LogP contribution in [0.1, 0.15) is 17.4 Å². The zero-order valence-corrected chi connectivity index (χ0v) is 11.5. The molecule has 0 atom stereocenters. The minimum atomic E-state index is -0.413. The van der Waals surface area contributed by atoms with Gasteiger partial charge in [0.15, 0.2) is 11.5 Å². The normalized spacial score (nSPS) is 10.5. The van der Waals surface area contributed by atoms with Gasteiger partial charge in [0, 0.05) is 12.3 Å². The second-order valence-corrected chi connectivity index (χ2v) is 4.32. The summed E-state index contributed by atoms with van der Waals surface area (Å²) in [5.74, 6) is 0.198. The van der Waals surface area contributed by atoms with Crippen LogP contribution in [0.15, 0.2) is 55.1 Å². The van der Waals surface area contributed by atoms with Crippen LogP contribution in [0.25, 0.3) is 11.5 Å². The molecule has 0 fully saturated rings. The van der Waals surface area contributed by atoms with Crippen molar-refractivity contribution in [3.05, 3.63) is 60.8 Å². The molecule has 0 aliphatic rings. The van der Waals surface area contributed by atoms with Gasteiger partial charge in [-0.3, -0.25) is 4.57 Å². The van der Waals surface area contributed by atoms with Crippen LogP contribution < -0.4 is 0 Å². The SMILES string of the molecule is CCOC(=O)c1cncn1-c1ccn(-c2ccccc2)n1. The molecular weight excluding hydrogens is 268 g/mol. The topological polar surface area (TPSA) is 61.9 Å². The molecule has 0 N–H and O–H groups in total. The van der Waals surface area contributed by atoms with Crippen LogP contribution in [0.4, 0.5) is 0 Å². The average Bonchev–Trinajstić information content (AvgIpc) is 3.17. The van der Waals surface area contributed by atoms with Crippen molar-refractivity contribution in [1.82, 2.24) is 19.3 Å². The fourth-order valence-corrected chi connectivity index (χ4v) is 2.00. The van der Waals surface area contributed by atoms with E-state index in [4.69, 9.17) is 4.74 Å². The molecule has 0 saturated heterocycles. The maximum absolute atomic E-state index is 11.9. The Kier molecular flexibility index (Phi) is 3.51. The largest absolute Gasteiger partial charge is 0.461 e. The zero-order chi connectivity index (χ0) is 14.7. The molecule has 0 aliphatic carbocycles. The highest BCUT2D eigenvalue weighted by Crippen LogP contribution is 2.13. The van der Waals surface area contributed by atoms with Crippen LogP contribution in [-0.2, 0) is 4.74 Å². The predicted octanol–water partition coefficient (Wildman–Crippen LogP) is 2.23. The first kappa shape index (κ1) is 13.1. The van der Waals surface area contributed by atoms with E-state index in [-0.39, 0.29) is 0 Å². The quantitative estimate of drug-likeness (QED) is 0.688. The Hall–Kier alpha value is -2.89. The smallest absolute Gasteiger partial charge is 0.357 e. The Labute approximate surface area is 121 Å². The van der Waals surface area contributed by atoms with Gasteiger partial charge in [-0.1, -0.05) is 18.2 Å². The average molecular weight is 282 g/mol. The molecule has 3 aromatic rings. The second kappa shape index (κ2) is 5.62. The van der Waals surface area contributed by atoms with Crippen molar-refractivity contribution in [2.45, 2.75) is 6.92 Å². The zero-order valence-electron chi connectivity index (χ0n) is 11.5. The van der Waals surface area contributed by atoms with E-state index in [2.05, 4.69) is 10.1 Å². The maximum atomic E-state index is 11.9. The van der Waals surface area contributed by atoms with Crippen molar-refractivity contribution in [2.75, 3.05) is 6.61 Å². The second-order valence-electron chi connectivity index (χ2n) is 4.32. The van der Waals surface area contributed by atoms with E-state index < -0.39 is 5.97 Å². The Morgan fingerprint density at radius 3 is 2.81 bits per heavy atom. The van der Waals surface area contributed by atoms with Gasteiger partial charge in [-0.05, 0) is 19.1 Å². The molecule has 0 bridgehead atoms. The first-order valence-corrected chi connectivity index (χ1v) is 6.60. The van der Waals surface area contributed by atoms with Gasteiger partial charge in [0.2, 0.25) is 0 Å². The number of nitrogens with zero attached hydrogens (tertiary/aromatic N) is 4. The van der Waals surface area contributed by atoms with Crippen LogP contribution in [0.5, 0.6) is 0 Å². The molecule has 2 heterocycles. The highest BCUT2D eigenvalue weighted by atomic mass is 16.5. The van der Waals surface area contributed by atoms with Crippen molar-refractivity contribution in [3.8, 4) is 11.5 Å². The number of benzene rings is 1. The molecule has 6 nitrogen and oxygen atoms in total. The monoisotopic (exact) mass is 282 g/mol. The highest BCUT2D eigenvalue weighted by Gasteiger charge is 2.15. The summed E-state index contributed by atoms with van der Waals surface area (Å²) < 4.78 is 8.35. The molecule has 21 heavy (non-hydrogen) atoms. The van der Waals surface area contributed by atoms with E-state index in [0.29, 0.717) is 18.1 Å². The lowest BCUT2D eigenvalue weighted by Crippen LogP contribution is -2.11. The maximum Gasteiger partial charge on any atom is 0.357 e. The van der Waals surface area contributed by atoms with Gasteiger partial charge in [-0.25, -0.2) is 14.5 Å². The van der Waals surface area contributed by atoms with E-state index in [1.807, 2.05) is 42.6 Å². The first-order chi connectivity index (χ1) is 10.3. The number of imidazole rings is 1. The van der Waals surface area contributed by atoms with Gasteiger partial charge in [-0.15, -0.1) is 5.10 Å². The number of hydrogen-bond donors (Lipinski definition) is 0. The van der Waals surface area contributed by atoms with Crippen LogP contribution in [0, 0.1) is 0 Å². The number of para-hydroxylation sites is 1. The van der Waals surface area contributed by atoms with Crippen molar-refractivity contribution in [2.24, 2.45) is 0 Å². The van der Waals surface area contributed by atoms with Crippen molar-refractivity contribution < 1.29 is 9.53 Å². The van der Waals surface area contributed by atoms with Gasteiger partial charge in [0.05, 0.1) is 18.5 Å². The summed E-state index contributed by atoms with van der Waals surface area (Å²) in [6.07, 6.45) is 4.85. The van der Waals surface area contributed by atoms with Crippen LogP contribution in [0.2, 0.25) is 0 Å². The molecule has 0 saturated carbocycles. The van der Waals surface area contributed by atoms with Crippen LogP contribution in [-0.4, -0.2) is 31.9 Å². The first-order valence-electron chi connectivity index (χ1n) is 6.60. The number of hydrogen-bond acceptors (Lipinski definition) is 4. The third-order valence-electron chi connectivity index (χ3n) is 2.97. The molecule has 106 valence electrons. The van der Waals surface area contributed by atoms with E-state index in [0.717, 1.165) is 5.69 Å². The van der Waals surface area contributed by atoms with Crippen LogP contribution >= 0.6 is 0 Å². The Morgan fingerprint density at radius 1 is 1.24 bits per heavy atom. The third-order valence-corrected chi connectivity index (χ3v) is 2.97. The van der Waals surface area contributed by atoms with Gasteiger partial charge < -0.3 is 4.74 Å². The third kappa shape index (κ3) is 2.55. The number of aromatic nitrogens is 4. The minimum absolute atomic E-state index is 0.322. The Bertz CT molecular complexity index is 746. The van der Waals surface area contributed by atoms with Crippen molar-refractivity contribution in [1.29, 1.82) is 0 Å². The number of carbonyl (C=O) groups excluding carboxylic acids is 1. The summed E-state index contributed by atoms with van der Waals surface area (Å²) in [6.45, 7) is 2.09.